The summed E-state index contributed by atoms with van der Waals surface area (Å²) in [6.45, 7) is 10.0. The van der Waals surface area contributed by atoms with E-state index in [-0.39, 0.29) is 11.1 Å². The first-order chi connectivity index (χ1) is 16.8. The molecule has 0 spiro atoms. The molecule has 35 heavy (non-hydrogen) atoms. The number of para-hydroxylation sites is 1. The number of methoxy groups -OCH3 is 1. The van der Waals surface area contributed by atoms with Crippen molar-refractivity contribution in [1.82, 2.24) is 30.1 Å². The Morgan fingerprint density at radius 2 is 1.80 bits per heavy atom. The topological polar surface area (TPSA) is 88.9 Å². The summed E-state index contributed by atoms with van der Waals surface area (Å²) in [5.41, 5.74) is 3.53. The number of benzene rings is 2. The molecule has 4 aromatic rings. The van der Waals surface area contributed by atoms with Crippen molar-refractivity contribution in [2.24, 2.45) is 0 Å². The molecule has 0 unspecified atom stereocenters. The molecule has 0 aliphatic rings. The molecule has 0 aliphatic carbocycles. The van der Waals surface area contributed by atoms with Gasteiger partial charge in [0.1, 0.15) is 5.75 Å². The molecular weight excluding hydrogens is 440 g/mol. The van der Waals surface area contributed by atoms with Gasteiger partial charge in [-0.05, 0) is 72.3 Å². The number of nitrogens with one attached hydrogen (secondary N) is 1. The maximum Gasteiger partial charge on any atom is 0.252 e. The molecule has 8 nitrogen and oxygen atoms in total. The number of rotatable bonds is 10. The molecule has 2 aromatic heterocycles. The van der Waals surface area contributed by atoms with Gasteiger partial charge >= 0.3 is 0 Å². The Kier molecular flexibility index (Phi) is 7.31. The van der Waals surface area contributed by atoms with Gasteiger partial charge in [0.15, 0.2) is 5.82 Å². The summed E-state index contributed by atoms with van der Waals surface area (Å²) < 4.78 is 7.48. The van der Waals surface area contributed by atoms with Crippen molar-refractivity contribution in [3.63, 3.8) is 0 Å². The van der Waals surface area contributed by atoms with Gasteiger partial charge in [-0.1, -0.05) is 38.1 Å². The monoisotopic (exact) mass is 474 g/mol. The minimum Gasteiger partial charge on any atom is -0.496 e. The fraction of sp³-hybridized carbons (Fsp3) is 0.407. The van der Waals surface area contributed by atoms with Crippen LogP contribution >= 0.6 is 0 Å². The van der Waals surface area contributed by atoms with E-state index >= 15 is 0 Å². The van der Waals surface area contributed by atoms with Crippen molar-refractivity contribution < 1.29 is 4.74 Å². The predicted molar refractivity (Wildman–Crippen MR) is 137 cm³/mol. The molecule has 2 heterocycles. The van der Waals surface area contributed by atoms with E-state index in [1.54, 1.807) is 7.11 Å². The molecule has 2 aromatic carbocycles. The van der Waals surface area contributed by atoms with Gasteiger partial charge in [-0.2, -0.15) is 0 Å². The Hall–Kier alpha value is -3.52. The first-order valence-electron chi connectivity index (χ1n) is 12.1. The van der Waals surface area contributed by atoms with Crippen LogP contribution in [0.4, 0.5) is 0 Å². The number of tetrazole rings is 1. The highest BCUT2D eigenvalue weighted by atomic mass is 16.5. The Morgan fingerprint density at radius 1 is 1.03 bits per heavy atom. The van der Waals surface area contributed by atoms with Gasteiger partial charge in [0, 0.05) is 29.7 Å². The summed E-state index contributed by atoms with van der Waals surface area (Å²) >= 11 is 0. The van der Waals surface area contributed by atoms with E-state index in [9.17, 15) is 4.79 Å². The van der Waals surface area contributed by atoms with Crippen LogP contribution in [0.25, 0.3) is 10.9 Å². The molecular formula is C27H34N6O2. The van der Waals surface area contributed by atoms with E-state index in [0.717, 1.165) is 40.9 Å². The number of aromatic nitrogens is 5. The lowest BCUT2D eigenvalue weighted by molar-refractivity contribution is 0.214. The highest BCUT2D eigenvalue weighted by Gasteiger charge is 2.25. The highest BCUT2D eigenvalue weighted by Crippen LogP contribution is 2.24. The molecule has 0 amide bonds. The molecule has 0 fully saturated rings. The molecule has 8 heteroatoms. The van der Waals surface area contributed by atoms with Gasteiger partial charge in [0.25, 0.3) is 5.56 Å². The molecule has 0 atom stereocenters. The fourth-order valence-electron chi connectivity index (χ4n) is 4.25. The largest absolute Gasteiger partial charge is 0.496 e. The molecule has 0 bridgehead atoms. The Labute approximate surface area is 205 Å². The summed E-state index contributed by atoms with van der Waals surface area (Å²) in [6.07, 6.45) is 1.84. The van der Waals surface area contributed by atoms with Gasteiger partial charge < -0.3 is 9.72 Å². The van der Waals surface area contributed by atoms with Crippen LogP contribution in [0.15, 0.2) is 53.3 Å². The molecule has 4 rings (SSSR count). The third-order valence-electron chi connectivity index (χ3n) is 6.71. The maximum atomic E-state index is 13.0. The van der Waals surface area contributed by atoms with Crippen molar-refractivity contribution in [2.75, 3.05) is 7.11 Å². The van der Waals surface area contributed by atoms with E-state index in [4.69, 9.17) is 4.74 Å². The molecule has 0 saturated heterocycles. The summed E-state index contributed by atoms with van der Waals surface area (Å²) in [5.74, 6) is 1.57. The Morgan fingerprint density at radius 3 is 2.54 bits per heavy atom. The van der Waals surface area contributed by atoms with Crippen LogP contribution in [0.2, 0.25) is 0 Å². The third kappa shape index (κ3) is 5.43. The van der Waals surface area contributed by atoms with E-state index < -0.39 is 0 Å². The average molecular weight is 475 g/mol. The fourth-order valence-corrected chi connectivity index (χ4v) is 4.25. The Balaban J connectivity index is 1.72. The summed E-state index contributed by atoms with van der Waals surface area (Å²) in [5, 5.41) is 13.6. The first kappa shape index (κ1) is 24.6. The van der Waals surface area contributed by atoms with Crippen molar-refractivity contribution in [2.45, 2.75) is 65.7 Å². The van der Waals surface area contributed by atoms with Crippen molar-refractivity contribution in [3.8, 4) is 5.75 Å². The smallest absolute Gasteiger partial charge is 0.252 e. The predicted octanol–water partition coefficient (Wildman–Crippen LogP) is 4.43. The third-order valence-corrected chi connectivity index (χ3v) is 6.71. The van der Waals surface area contributed by atoms with Crippen LogP contribution in [0, 0.1) is 0 Å². The highest BCUT2D eigenvalue weighted by molar-refractivity contribution is 5.79. The zero-order valence-corrected chi connectivity index (χ0v) is 21.2. The summed E-state index contributed by atoms with van der Waals surface area (Å²) in [4.78, 5) is 18.3. The molecule has 0 aliphatic heterocycles. The Bertz CT molecular complexity index is 1360. The number of H-pyrrole nitrogens is 1. The minimum absolute atomic E-state index is 0.0831. The SMILES string of the molecule is CCc1ccc2[nH]c(=O)c(CN(Cc3ccccc3OC)Cc3nnnn3C(C)(C)CC)cc2c1. The van der Waals surface area contributed by atoms with Gasteiger partial charge in [-0.25, -0.2) is 4.68 Å². The molecule has 0 saturated carbocycles. The number of pyridine rings is 1. The number of hydrogen-bond donors (Lipinski definition) is 1. The zero-order chi connectivity index (χ0) is 25.0. The van der Waals surface area contributed by atoms with Crippen molar-refractivity contribution >= 4 is 10.9 Å². The average Bonchev–Trinajstić information content (AvgIpc) is 3.33. The van der Waals surface area contributed by atoms with Gasteiger partial charge in [-0.15, -0.1) is 5.10 Å². The minimum atomic E-state index is -0.216. The van der Waals surface area contributed by atoms with Crippen LogP contribution < -0.4 is 10.3 Å². The second kappa shape index (κ2) is 10.4. The number of ether oxygens (including phenoxy) is 1. The molecule has 1 N–H and O–H groups in total. The van der Waals surface area contributed by atoms with Crippen LogP contribution in [0.5, 0.6) is 5.75 Å². The zero-order valence-electron chi connectivity index (χ0n) is 21.2. The lowest BCUT2D eigenvalue weighted by Crippen LogP contribution is -2.33. The van der Waals surface area contributed by atoms with Gasteiger partial charge in [0.2, 0.25) is 0 Å². The van der Waals surface area contributed by atoms with E-state index in [1.807, 2.05) is 41.1 Å². The molecule has 184 valence electrons. The van der Waals surface area contributed by atoms with Crippen LogP contribution in [-0.4, -0.2) is 37.2 Å². The van der Waals surface area contributed by atoms with E-state index in [0.29, 0.717) is 25.2 Å². The second-order valence-electron chi connectivity index (χ2n) is 9.53. The van der Waals surface area contributed by atoms with Crippen LogP contribution in [0.3, 0.4) is 0 Å². The lowest BCUT2D eigenvalue weighted by atomic mass is 10.0. The van der Waals surface area contributed by atoms with E-state index in [2.05, 4.69) is 65.2 Å². The number of aromatic amines is 1. The van der Waals surface area contributed by atoms with Crippen molar-refractivity contribution in [1.29, 1.82) is 0 Å². The number of hydrogen-bond acceptors (Lipinski definition) is 6. The first-order valence-corrected chi connectivity index (χ1v) is 12.1. The van der Waals surface area contributed by atoms with E-state index in [1.165, 1.54) is 5.56 Å². The van der Waals surface area contributed by atoms with Crippen molar-refractivity contribution in [3.05, 3.63) is 81.4 Å². The second-order valence-corrected chi connectivity index (χ2v) is 9.53. The lowest BCUT2D eigenvalue weighted by Gasteiger charge is -2.27. The van der Waals surface area contributed by atoms with Gasteiger partial charge in [0.05, 0.1) is 19.2 Å². The normalized spacial score (nSPS) is 11.9. The number of aryl methyl sites for hydroxylation is 1. The van der Waals surface area contributed by atoms with Crippen LogP contribution in [0.1, 0.15) is 56.6 Å². The molecule has 0 radical (unpaired) electrons. The number of nitrogens with zero attached hydrogens (tertiary/aromatic N) is 5. The number of fused-ring (bicyclic) bond motifs is 1. The van der Waals surface area contributed by atoms with Gasteiger partial charge in [-0.3, -0.25) is 9.69 Å². The quantitative estimate of drug-likeness (QED) is 0.366. The maximum absolute atomic E-state index is 13.0. The summed E-state index contributed by atoms with van der Waals surface area (Å²) in [7, 11) is 1.67. The standard InChI is InChI=1S/C27H34N6O2/c1-6-19-12-13-23-21(14-19)15-22(26(34)28-23)17-32(16-20-10-8-9-11-24(20)35-5)18-25-29-30-31-33(25)27(3,4)7-2/h8-15H,6-7,16-18H2,1-5H3,(H,28,34). The summed E-state index contributed by atoms with van der Waals surface area (Å²) in [6, 6.07) is 16.1. The van der Waals surface area contributed by atoms with Crippen LogP contribution in [-0.2, 0) is 31.6 Å².